The van der Waals surface area contributed by atoms with Gasteiger partial charge in [-0.3, -0.25) is 19.6 Å². The van der Waals surface area contributed by atoms with Gasteiger partial charge in [-0.15, -0.1) is 0 Å². The van der Waals surface area contributed by atoms with Gasteiger partial charge >= 0.3 is 0 Å². The summed E-state index contributed by atoms with van der Waals surface area (Å²) in [5.74, 6) is -0.825. The number of nitrogens with one attached hydrogen (secondary N) is 2. The van der Waals surface area contributed by atoms with Crippen molar-refractivity contribution in [2.24, 2.45) is 38.7 Å². The fourth-order valence-electron chi connectivity index (χ4n) is 3.26. The third kappa shape index (κ3) is 8.65. The first kappa shape index (κ1) is 25.4. The van der Waals surface area contributed by atoms with Crippen LogP contribution in [0.2, 0.25) is 0 Å². The number of hydrogen-bond donors (Lipinski definition) is 7. The van der Waals surface area contributed by atoms with Gasteiger partial charge in [-0.25, -0.2) is 0 Å². The summed E-state index contributed by atoms with van der Waals surface area (Å²) in [6.45, 7) is 0.702. The van der Waals surface area contributed by atoms with Crippen molar-refractivity contribution in [1.29, 1.82) is 0 Å². The summed E-state index contributed by atoms with van der Waals surface area (Å²) >= 11 is 0. The Hall–Kier alpha value is -3.86. The van der Waals surface area contributed by atoms with Crippen LogP contribution in [0.3, 0.4) is 0 Å². The van der Waals surface area contributed by atoms with Crippen molar-refractivity contribution in [2.75, 3.05) is 18.4 Å². The number of rotatable bonds is 12. The Balaban J connectivity index is 2.06. The molecule has 0 saturated carbocycles. The van der Waals surface area contributed by atoms with E-state index in [1.54, 1.807) is 0 Å². The molecule has 0 aliphatic carbocycles. The lowest BCUT2D eigenvalue weighted by molar-refractivity contribution is -0.127. The van der Waals surface area contributed by atoms with E-state index in [0.717, 1.165) is 10.8 Å². The smallest absolute Gasteiger partial charge is 0.246 e. The number of fused-ring (bicyclic) bond motifs is 1. The highest BCUT2D eigenvalue weighted by molar-refractivity contribution is 6.04. The van der Waals surface area contributed by atoms with Crippen LogP contribution in [0.5, 0.6) is 0 Å². The van der Waals surface area contributed by atoms with E-state index in [0.29, 0.717) is 44.5 Å². The third-order valence-electron chi connectivity index (χ3n) is 4.93. The van der Waals surface area contributed by atoms with E-state index in [-0.39, 0.29) is 17.8 Å². The highest BCUT2D eigenvalue weighted by Crippen LogP contribution is 2.23. The summed E-state index contributed by atoms with van der Waals surface area (Å²) < 4.78 is 0. The lowest BCUT2D eigenvalue weighted by Gasteiger charge is -2.21. The number of guanidine groups is 2. The Morgan fingerprint density at radius 2 is 1.42 bits per heavy atom. The quantitative estimate of drug-likeness (QED) is 0.129. The maximum Gasteiger partial charge on any atom is 0.246 e. The highest BCUT2D eigenvalue weighted by Gasteiger charge is 2.24. The zero-order valence-corrected chi connectivity index (χ0v) is 18.5. The molecule has 2 rings (SSSR count). The second-order valence-corrected chi connectivity index (χ2v) is 7.58. The Kier molecular flexibility index (Phi) is 9.90. The number of nitrogens with zero attached hydrogens (tertiary/aromatic N) is 2. The van der Waals surface area contributed by atoms with Gasteiger partial charge in [-0.05, 0) is 37.1 Å². The highest BCUT2D eigenvalue weighted by atomic mass is 16.2. The van der Waals surface area contributed by atoms with E-state index in [2.05, 4.69) is 20.6 Å². The topological polar surface area (TPSA) is 213 Å². The van der Waals surface area contributed by atoms with Gasteiger partial charge in [0.15, 0.2) is 11.9 Å². The minimum atomic E-state index is -0.811. The van der Waals surface area contributed by atoms with Crippen LogP contribution in [0.1, 0.15) is 25.7 Å². The Morgan fingerprint density at radius 1 is 0.818 bits per heavy atom. The van der Waals surface area contributed by atoms with Crippen molar-refractivity contribution < 1.29 is 9.59 Å². The van der Waals surface area contributed by atoms with Crippen LogP contribution in [0.25, 0.3) is 10.8 Å². The van der Waals surface area contributed by atoms with E-state index >= 15 is 0 Å². The summed E-state index contributed by atoms with van der Waals surface area (Å²) in [5, 5.41) is 7.56. The number of carbonyl (C=O) groups excluding carboxylic acids is 2. The van der Waals surface area contributed by atoms with E-state index in [1.165, 1.54) is 0 Å². The summed E-state index contributed by atoms with van der Waals surface area (Å²) in [6, 6.07) is 11.7. The van der Waals surface area contributed by atoms with Crippen LogP contribution in [0.15, 0.2) is 52.4 Å². The van der Waals surface area contributed by atoms with Gasteiger partial charge in [-0.1, -0.05) is 36.4 Å². The lowest BCUT2D eigenvalue weighted by atomic mass is 10.1. The van der Waals surface area contributed by atoms with Crippen LogP contribution in [-0.4, -0.2) is 48.9 Å². The van der Waals surface area contributed by atoms with E-state index in [4.69, 9.17) is 28.7 Å². The Morgan fingerprint density at radius 3 is 2.09 bits per heavy atom. The minimum Gasteiger partial charge on any atom is -0.370 e. The summed E-state index contributed by atoms with van der Waals surface area (Å²) in [5.41, 5.74) is 27.9. The van der Waals surface area contributed by atoms with Gasteiger partial charge in [0.05, 0.1) is 6.04 Å². The predicted octanol–water partition coefficient (Wildman–Crippen LogP) is -0.302. The van der Waals surface area contributed by atoms with Crippen molar-refractivity contribution >= 4 is 40.2 Å². The SMILES string of the molecule is NC(N)=NCCC[C@H](NC(=O)[C@@H](N)CCCN=C(N)N)C(=O)Nc1cccc2ccccc12. The van der Waals surface area contributed by atoms with Gasteiger partial charge in [0.1, 0.15) is 6.04 Å². The van der Waals surface area contributed by atoms with Crippen molar-refractivity contribution in [3.8, 4) is 0 Å². The molecule has 2 aromatic rings. The van der Waals surface area contributed by atoms with Crippen molar-refractivity contribution in [1.82, 2.24) is 5.32 Å². The van der Waals surface area contributed by atoms with Gasteiger partial charge < -0.3 is 39.3 Å². The first-order valence-corrected chi connectivity index (χ1v) is 10.7. The molecular formula is C22H33N9O2. The molecule has 0 aromatic heterocycles. The van der Waals surface area contributed by atoms with E-state index in [9.17, 15) is 9.59 Å². The van der Waals surface area contributed by atoms with E-state index in [1.807, 2.05) is 42.5 Å². The van der Waals surface area contributed by atoms with Gasteiger partial charge in [0, 0.05) is 24.2 Å². The number of amides is 2. The van der Waals surface area contributed by atoms with Crippen LogP contribution >= 0.6 is 0 Å². The first-order valence-electron chi connectivity index (χ1n) is 10.7. The number of benzene rings is 2. The van der Waals surface area contributed by atoms with Crippen molar-refractivity contribution in [2.45, 2.75) is 37.8 Å². The lowest BCUT2D eigenvalue weighted by Crippen LogP contribution is -2.50. The molecule has 0 aliphatic rings. The number of nitrogens with two attached hydrogens (primary N) is 5. The number of carbonyl (C=O) groups is 2. The first-order chi connectivity index (χ1) is 15.8. The monoisotopic (exact) mass is 455 g/mol. The molecule has 0 aliphatic heterocycles. The number of hydrogen-bond acceptors (Lipinski definition) is 5. The van der Waals surface area contributed by atoms with Crippen molar-refractivity contribution in [3.63, 3.8) is 0 Å². The molecule has 33 heavy (non-hydrogen) atoms. The second kappa shape index (κ2) is 12.9. The molecule has 0 unspecified atom stereocenters. The van der Waals surface area contributed by atoms with Crippen LogP contribution < -0.4 is 39.3 Å². The molecular weight excluding hydrogens is 422 g/mol. The Bertz CT molecular complexity index is 993. The van der Waals surface area contributed by atoms with Gasteiger partial charge in [-0.2, -0.15) is 0 Å². The van der Waals surface area contributed by atoms with Crippen LogP contribution in [0.4, 0.5) is 5.69 Å². The maximum absolute atomic E-state index is 13.1. The predicted molar refractivity (Wildman–Crippen MR) is 132 cm³/mol. The molecule has 12 N–H and O–H groups in total. The molecule has 0 saturated heterocycles. The average molecular weight is 456 g/mol. The normalized spacial score (nSPS) is 12.4. The molecule has 0 heterocycles. The summed E-state index contributed by atoms with van der Waals surface area (Å²) in [4.78, 5) is 33.5. The standard InChI is InChI=1S/C22H33N9O2/c23-16(9-4-12-28-21(24)25)19(32)31-18(11-5-13-29-22(26)27)20(33)30-17-10-3-7-14-6-1-2-8-15(14)17/h1-3,6-8,10,16,18H,4-5,9,11-13,23H2,(H,30,33)(H,31,32)(H4,24,25,28)(H4,26,27,29)/t16-,18-/m0/s1. The molecule has 0 spiro atoms. The zero-order valence-electron chi connectivity index (χ0n) is 18.5. The largest absolute Gasteiger partial charge is 0.370 e. The van der Waals surface area contributed by atoms with Gasteiger partial charge in [0.2, 0.25) is 11.8 Å². The molecule has 2 amide bonds. The molecule has 11 nitrogen and oxygen atoms in total. The minimum absolute atomic E-state index is 0.0148. The molecule has 178 valence electrons. The fraction of sp³-hybridized carbons (Fsp3) is 0.364. The summed E-state index contributed by atoms with van der Waals surface area (Å²) in [7, 11) is 0. The third-order valence-corrected chi connectivity index (χ3v) is 4.93. The van der Waals surface area contributed by atoms with Crippen LogP contribution in [-0.2, 0) is 9.59 Å². The number of anilines is 1. The molecule has 11 heteroatoms. The molecule has 2 aromatic carbocycles. The molecule has 2 atom stereocenters. The Labute approximate surface area is 192 Å². The van der Waals surface area contributed by atoms with Gasteiger partial charge in [0.25, 0.3) is 0 Å². The fourth-order valence-corrected chi connectivity index (χ4v) is 3.26. The zero-order chi connectivity index (χ0) is 24.2. The molecule has 0 fully saturated rings. The van der Waals surface area contributed by atoms with Crippen molar-refractivity contribution in [3.05, 3.63) is 42.5 Å². The van der Waals surface area contributed by atoms with Crippen LogP contribution in [0, 0.1) is 0 Å². The maximum atomic E-state index is 13.1. The van der Waals surface area contributed by atoms with E-state index < -0.39 is 18.0 Å². The second-order valence-electron chi connectivity index (χ2n) is 7.58. The number of aliphatic imine (C=N–C) groups is 2. The molecule has 0 radical (unpaired) electrons. The summed E-state index contributed by atoms with van der Waals surface area (Å²) in [6.07, 6.45) is 1.73. The molecule has 0 bridgehead atoms. The average Bonchev–Trinajstić information content (AvgIpc) is 2.78.